The normalized spacial score (nSPS) is 35.8. The Morgan fingerprint density at radius 3 is 2.83 bits per heavy atom. The van der Waals surface area contributed by atoms with Crippen molar-refractivity contribution in [2.24, 2.45) is 5.92 Å². The first-order valence-electron chi connectivity index (χ1n) is 5.20. The van der Waals surface area contributed by atoms with Crippen molar-refractivity contribution in [1.29, 1.82) is 0 Å². The highest BCUT2D eigenvalue weighted by molar-refractivity contribution is 5.12. The number of rotatable bonds is 0. The van der Waals surface area contributed by atoms with Gasteiger partial charge in [-0.25, -0.2) is 0 Å². The van der Waals surface area contributed by atoms with Crippen LogP contribution in [0.25, 0.3) is 0 Å². The maximum atomic E-state index is 2.48. The molecule has 1 aliphatic heterocycles. The zero-order valence-corrected chi connectivity index (χ0v) is 8.21. The van der Waals surface area contributed by atoms with Crippen LogP contribution < -0.4 is 0 Å². The molecule has 2 atom stereocenters. The van der Waals surface area contributed by atoms with Gasteiger partial charge in [-0.2, -0.15) is 0 Å². The number of nitrogens with zero attached hydrogens (tertiary/aromatic N) is 1. The van der Waals surface area contributed by atoms with Gasteiger partial charge in [-0.15, -0.1) is 0 Å². The number of allylic oxidation sites excluding steroid dienone is 1. The molecule has 0 aromatic carbocycles. The Bertz CT molecular complexity index is 195. The van der Waals surface area contributed by atoms with Crippen molar-refractivity contribution in [2.75, 3.05) is 7.05 Å². The molecule has 0 aromatic rings. The van der Waals surface area contributed by atoms with Crippen molar-refractivity contribution < 1.29 is 0 Å². The molecular weight excluding hydrogens is 146 g/mol. The molecule has 0 N–H and O–H groups in total. The van der Waals surface area contributed by atoms with Crippen LogP contribution in [0.4, 0.5) is 0 Å². The van der Waals surface area contributed by atoms with E-state index < -0.39 is 0 Å². The van der Waals surface area contributed by atoms with E-state index in [1.807, 2.05) is 0 Å². The lowest BCUT2D eigenvalue weighted by Crippen LogP contribution is -2.29. The first kappa shape index (κ1) is 8.15. The first-order valence-corrected chi connectivity index (χ1v) is 5.20. The lowest BCUT2D eigenvalue weighted by atomic mass is 9.97. The Labute approximate surface area is 75.4 Å². The van der Waals surface area contributed by atoms with Gasteiger partial charge in [0.15, 0.2) is 0 Å². The van der Waals surface area contributed by atoms with Gasteiger partial charge >= 0.3 is 0 Å². The van der Waals surface area contributed by atoms with E-state index in [-0.39, 0.29) is 0 Å². The van der Waals surface area contributed by atoms with E-state index in [0.29, 0.717) is 0 Å². The maximum Gasteiger partial charge on any atom is 0.0346 e. The molecule has 68 valence electrons. The summed E-state index contributed by atoms with van der Waals surface area (Å²) in [7, 11) is 2.25. The Hall–Kier alpha value is -0.460. The van der Waals surface area contributed by atoms with Gasteiger partial charge in [0, 0.05) is 18.8 Å². The zero-order valence-electron chi connectivity index (χ0n) is 8.21. The molecular formula is C11H19N. The lowest BCUT2D eigenvalue weighted by molar-refractivity contribution is 0.270. The molecule has 0 saturated heterocycles. The molecule has 1 heterocycles. The van der Waals surface area contributed by atoms with Gasteiger partial charge in [0.1, 0.15) is 0 Å². The van der Waals surface area contributed by atoms with Crippen molar-refractivity contribution in [3.8, 4) is 0 Å². The van der Waals surface area contributed by atoms with E-state index in [1.54, 1.807) is 0 Å². The van der Waals surface area contributed by atoms with Gasteiger partial charge in [0.05, 0.1) is 0 Å². The SMILES string of the molecule is CC1=CC2CCCCCC2N1C. The number of hydrogen-bond acceptors (Lipinski definition) is 1. The molecule has 0 aromatic heterocycles. The average molecular weight is 165 g/mol. The van der Waals surface area contributed by atoms with E-state index in [4.69, 9.17) is 0 Å². The lowest BCUT2D eigenvalue weighted by Gasteiger charge is -2.26. The smallest absolute Gasteiger partial charge is 0.0346 e. The van der Waals surface area contributed by atoms with Crippen LogP contribution in [-0.2, 0) is 0 Å². The fraction of sp³-hybridized carbons (Fsp3) is 0.818. The van der Waals surface area contributed by atoms with Crippen molar-refractivity contribution in [3.05, 3.63) is 11.8 Å². The van der Waals surface area contributed by atoms with Crippen LogP contribution in [0.1, 0.15) is 39.0 Å². The Morgan fingerprint density at radius 1 is 1.25 bits per heavy atom. The summed E-state index contributed by atoms with van der Waals surface area (Å²) in [6.07, 6.45) is 9.65. The van der Waals surface area contributed by atoms with Gasteiger partial charge in [-0.1, -0.05) is 25.3 Å². The molecule has 2 rings (SSSR count). The van der Waals surface area contributed by atoms with E-state index in [2.05, 4.69) is 24.9 Å². The Morgan fingerprint density at radius 2 is 2.00 bits per heavy atom. The monoisotopic (exact) mass is 165 g/mol. The fourth-order valence-corrected chi connectivity index (χ4v) is 2.68. The number of hydrogen-bond donors (Lipinski definition) is 0. The Balaban J connectivity index is 2.12. The molecule has 1 nitrogen and oxygen atoms in total. The van der Waals surface area contributed by atoms with Crippen molar-refractivity contribution in [2.45, 2.75) is 45.1 Å². The molecule has 1 aliphatic carbocycles. The number of fused-ring (bicyclic) bond motifs is 1. The van der Waals surface area contributed by atoms with Gasteiger partial charge in [0.2, 0.25) is 0 Å². The summed E-state index contributed by atoms with van der Waals surface area (Å²) in [5.41, 5.74) is 1.49. The van der Waals surface area contributed by atoms with E-state index in [0.717, 1.165) is 12.0 Å². The standard InChI is InChI=1S/C11H19N/c1-9-8-10-6-4-3-5-7-11(10)12(9)2/h8,10-11H,3-7H2,1-2H3. The predicted molar refractivity (Wildman–Crippen MR) is 51.9 cm³/mol. The second-order valence-corrected chi connectivity index (χ2v) is 4.29. The minimum absolute atomic E-state index is 0.840. The average Bonchev–Trinajstić information content (AvgIpc) is 2.30. The summed E-state index contributed by atoms with van der Waals surface area (Å²) in [5.74, 6) is 0.873. The van der Waals surface area contributed by atoms with E-state index >= 15 is 0 Å². The third-order valence-electron chi connectivity index (χ3n) is 3.54. The summed E-state index contributed by atoms with van der Waals surface area (Å²) >= 11 is 0. The van der Waals surface area contributed by atoms with Crippen LogP contribution in [0.15, 0.2) is 11.8 Å². The second-order valence-electron chi connectivity index (χ2n) is 4.29. The molecule has 1 heteroatoms. The summed E-state index contributed by atoms with van der Waals surface area (Å²) < 4.78 is 0. The third kappa shape index (κ3) is 1.26. The van der Waals surface area contributed by atoms with Crippen molar-refractivity contribution in [1.82, 2.24) is 4.90 Å². The van der Waals surface area contributed by atoms with Crippen LogP contribution in [0, 0.1) is 5.92 Å². The molecule has 1 fully saturated rings. The molecule has 2 unspecified atom stereocenters. The molecule has 2 aliphatic rings. The van der Waals surface area contributed by atoms with Crippen LogP contribution in [0.3, 0.4) is 0 Å². The van der Waals surface area contributed by atoms with Gasteiger partial charge < -0.3 is 4.90 Å². The highest BCUT2D eigenvalue weighted by Crippen LogP contribution is 2.34. The minimum Gasteiger partial charge on any atom is -0.375 e. The molecule has 1 saturated carbocycles. The summed E-state index contributed by atoms with van der Waals surface area (Å²) in [5, 5.41) is 0. The molecule has 0 amide bonds. The van der Waals surface area contributed by atoms with Crippen molar-refractivity contribution >= 4 is 0 Å². The maximum absolute atomic E-state index is 2.48. The molecule has 0 radical (unpaired) electrons. The molecule has 0 bridgehead atoms. The summed E-state index contributed by atoms with van der Waals surface area (Å²) in [4.78, 5) is 2.48. The van der Waals surface area contributed by atoms with Gasteiger partial charge in [0.25, 0.3) is 0 Å². The topological polar surface area (TPSA) is 3.24 Å². The third-order valence-corrected chi connectivity index (χ3v) is 3.54. The van der Waals surface area contributed by atoms with E-state index in [9.17, 15) is 0 Å². The highest BCUT2D eigenvalue weighted by Gasteiger charge is 2.30. The van der Waals surface area contributed by atoms with Crippen molar-refractivity contribution in [3.63, 3.8) is 0 Å². The fourth-order valence-electron chi connectivity index (χ4n) is 2.68. The molecule has 12 heavy (non-hydrogen) atoms. The van der Waals surface area contributed by atoms with Gasteiger partial charge in [-0.05, 0) is 25.7 Å². The quantitative estimate of drug-likeness (QED) is 0.533. The summed E-state index contributed by atoms with van der Waals surface area (Å²) in [6, 6.07) is 0.840. The van der Waals surface area contributed by atoms with E-state index in [1.165, 1.54) is 37.8 Å². The summed E-state index contributed by atoms with van der Waals surface area (Å²) in [6.45, 7) is 2.24. The molecule has 0 spiro atoms. The highest BCUT2D eigenvalue weighted by atomic mass is 15.2. The van der Waals surface area contributed by atoms with Crippen LogP contribution in [0.5, 0.6) is 0 Å². The van der Waals surface area contributed by atoms with Crippen LogP contribution >= 0.6 is 0 Å². The van der Waals surface area contributed by atoms with Crippen LogP contribution in [0.2, 0.25) is 0 Å². The first-order chi connectivity index (χ1) is 5.79. The minimum atomic E-state index is 0.840. The zero-order chi connectivity index (χ0) is 8.55. The van der Waals surface area contributed by atoms with Crippen LogP contribution in [-0.4, -0.2) is 18.0 Å². The largest absolute Gasteiger partial charge is 0.375 e. The Kier molecular flexibility index (Phi) is 2.12. The predicted octanol–water partition coefficient (Wildman–Crippen LogP) is 2.78. The van der Waals surface area contributed by atoms with Gasteiger partial charge in [-0.3, -0.25) is 0 Å². The second kappa shape index (κ2) is 3.12.